The Morgan fingerprint density at radius 1 is 0.810 bits per heavy atom. The SMILES string of the molecule is C[C@@H](O)[C@@H](O)[C@H](c1ccccc1)[Si](C)(C)c1ccccc1. The Morgan fingerprint density at radius 2 is 1.29 bits per heavy atom. The van der Waals surface area contributed by atoms with Gasteiger partial charge in [0.1, 0.15) is 0 Å². The van der Waals surface area contributed by atoms with Crippen molar-refractivity contribution in [2.75, 3.05) is 0 Å². The van der Waals surface area contributed by atoms with Crippen molar-refractivity contribution in [3.63, 3.8) is 0 Å². The minimum absolute atomic E-state index is 0.0406. The molecule has 2 rings (SSSR count). The van der Waals surface area contributed by atoms with Gasteiger partial charge < -0.3 is 10.2 Å². The van der Waals surface area contributed by atoms with Gasteiger partial charge in [0.2, 0.25) is 0 Å². The van der Waals surface area contributed by atoms with Gasteiger partial charge in [-0.25, -0.2) is 0 Å². The van der Waals surface area contributed by atoms with E-state index in [0.29, 0.717) is 0 Å². The standard InChI is InChI=1S/C18H24O2Si/c1-14(19)17(20)18(15-10-6-4-7-11-15)21(2,3)16-12-8-5-9-13-16/h4-14,17-20H,1-3H3/t14-,17-,18+/m1/s1. The number of hydrogen-bond donors (Lipinski definition) is 2. The van der Waals surface area contributed by atoms with Crippen molar-refractivity contribution in [3.05, 3.63) is 66.2 Å². The van der Waals surface area contributed by atoms with Crippen LogP contribution in [0.25, 0.3) is 0 Å². The zero-order valence-electron chi connectivity index (χ0n) is 12.9. The minimum Gasteiger partial charge on any atom is -0.391 e. The maximum atomic E-state index is 10.6. The van der Waals surface area contributed by atoms with Gasteiger partial charge in [0.05, 0.1) is 20.3 Å². The molecule has 0 bridgehead atoms. The summed E-state index contributed by atoms with van der Waals surface area (Å²) in [6.07, 6.45) is -1.50. The van der Waals surface area contributed by atoms with E-state index in [-0.39, 0.29) is 5.54 Å². The molecule has 0 saturated heterocycles. The van der Waals surface area contributed by atoms with Crippen molar-refractivity contribution in [2.24, 2.45) is 0 Å². The van der Waals surface area contributed by atoms with Crippen LogP contribution < -0.4 is 5.19 Å². The molecule has 2 N–H and O–H groups in total. The quantitative estimate of drug-likeness (QED) is 0.834. The van der Waals surface area contributed by atoms with Crippen molar-refractivity contribution in [1.82, 2.24) is 0 Å². The lowest BCUT2D eigenvalue weighted by atomic mass is 10.0. The smallest absolute Gasteiger partial charge is 0.0911 e. The molecule has 0 aliphatic carbocycles. The fourth-order valence-corrected chi connectivity index (χ4v) is 6.60. The molecule has 3 atom stereocenters. The van der Waals surface area contributed by atoms with Gasteiger partial charge in [-0.15, -0.1) is 0 Å². The molecule has 0 unspecified atom stereocenters. The fraction of sp³-hybridized carbons (Fsp3) is 0.333. The Morgan fingerprint density at radius 3 is 1.76 bits per heavy atom. The lowest BCUT2D eigenvalue weighted by molar-refractivity contribution is 0.0268. The number of hydrogen-bond acceptors (Lipinski definition) is 2. The van der Waals surface area contributed by atoms with Crippen LogP contribution in [-0.4, -0.2) is 30.5 Å². The van der Waals surface area contributed by atoms with E-state index in [4.69, 9.17) is 0 Å². The summed E-state index contributed by atoms with van der Waals surface area (Å²) in [5.74, 6) is 0. The topological polar surface area (TPSA) is 40.5 Å². The Kier molecular flexibility index (Phi) is 4.98. The molecule has 3 heteroatoms. The second-order valence-electron chi connectivity index (χ2n) is 6.21. The first-order valence-corrected chi connectivity index (χ1v) is 10.5. The van der Waals surface area contributed by atoms with Gasteiger partial charge in [0, 0.05) is 5.54 Å². The zero-order chi connectivity index (χ0) is 15.5. The summed E-state index contributed by atoms with van der Waals surface area (Å²) in [6, 6.07) is 20.4. The van der Waals surface area contributed by atoms with Crippen molar-refractivity contribution in [2.45, 2.75) is 37.8 Å². The van der Waals surface area contributed by atoms with Gasteiger partial charge in [0.15, 0.2) is 0 Å². The zero-order valence-corrected chi connectivity index (χ0v) is 13.9. The molecular formula is C18H24O2Si. The Balaban J connectivity index is 2.49. The van der Waals surface area contributed by atoms with E-state index in [9.17, 15) is 10.2 Å². The van der Waals surface area contributed by atoms with E-state index in [2.05, 4.69) is 25.2 Å². The van der Waals surface area contributed by atoms with E-state index in [0.717, 1.165) is 5.56 Å². The Labute approximate surface area is 128 Å². The summed E-state index contributed by atoms with van der Waals surface area (Å²) in [7, 11) is -1.99. The fourth-order valence-electron chi connectivity index (χ4n) is 3.03. The molecule has 0 fully saturated rings. The third-order valence-electron chi connectivity index (χ3n) is 4.29. The van der Waals surface area contributed by atoms with E-state index < -0.39 is 20.3 Å². The van der Waals surface area contributed by atoms with E-state index in [1.165, 1.54) is 5.19 Å². The largest absolute Gasteiger partial charge is 0.391 e. The molecule has 2 nitrogen and oxygen atoms in total. The summed E-state index contributed by atoms with van der Waals surface area (Å²) < 4.78 is 0. The molecule has 0 aromatic heterocycles. The van der Waals surface area contributed by atoms with Gasteiger partial charge in [-0.1, -0.05) is 78.9 Å². The number of benzene rings is 2. The molecule has 2 aromatic carbocycles. The van der Waals surface area contributed by atoms with Crippen molar-refractivity contribution < 1.29 is 10.2 Å². The third-order valence-corrected chi connectivity index (χ3v) is 8.34. The molecule has 0 radical (unpaired) electrons. The third kappa shape index (κ3) is 3.43. The summed E-state index contributed by atoms with van der Waals surface area (Å²) in [4.78, 5) is 0. The normalized spacial score (nSPS) is 16.2. The van der Waals surface area contributed by atoms with Crippen LogP contribution >= 0.6 is 0 Å². The van der Waals surface area contributed by atoms with Gasteiger partial charge in [-0.2, -0.15) is 0 Å². The molecule has 0 aliphatic heterocycles. The molecule has 21 heavy (non-hydrogen) atoms. The van der Waals surface area contributed by atoms with E-state index in [1.54, 1.807) is 6.92 Å². The maximum absolute atomic E-state index is 10.6. The summed E-state index contributed by atoms with van der Waals surface area (Å²) in [6.45, 7) is 6.17. The molecule has 2 aromatic rings. The average molecular weight is 300 g/mol. The van der Waals surface area contributed by atoms with Gasteiger partial charge in [-0.05, 0) is 12.5 Å². The highest BCUT2D eigenvalue weighted by Crippen LogP contribution is 2.31. The lowest BCUT2D eigenvalue weighted by Gasteiger charge is -2.38. The van der Waals surface area contributed by atoms with Gasteiger partial charge in [-0.3, -0.25) is 0 Å². The molecule has 0 saturated carbocycles. The second-order valence-corrected chi connectivity index (χ2v) is 10.8. The predicted molar refractivity (Wildman–Crippen MR) is 90.4 cm³/mol. The maximum Gasteiger partial charge on any atom is 0.0911 e. The average Bonchev–Trinajstić information content (AvgIpc) is 2.49. The Bertz CT molecular complexity index is 552. The number of rotatable bonds is 5. The van der Waals surface area contributed by atoms with Crippen LogP contribution in [0, 0.1) is 0 Å². The molecule has 0 aliphatic rings. The lowest BCUT2D eigenvalue weighted by Crippen LogP contribution is -2.53. The molecule has 112 valence electrons. The molecule has 0 heterocycles. The highest BCUT2D eigenvalue weighted by atomic mass is 28.3. The van der Waals surface area contributed by atoms with Crippen LogP contribution in [0.3, 0.4) is 0 Å². The highest BCUT2D eigenvalue weighted by Gasteiger charge is 2.40. The van der Waals surface area contributed by atoms with Crippen LogP contribution in [0.5, 0.6) is 0 Å². The molecule has 0 amide bonds. The molecule has 0 spiro atoms. The first-order valence-electron chi connectivity index (χ1n) is 7.41. The number of aliphatic hydroxyl groups is 2. The van der Waals surface area contributed by atoms with Crippen LogP contribution in [0.1, 0.15) is 18.0 Å². The van der Waals surface area contributed by atoms with Crippen LogP contribution in [0.2, 0.25) is 13.1 Å². The first kappa shape index (κ1) is 16.0. The summed E-state index contributed by atoms with van der Waals surface area (Å²) in [5, 5.41) is 21.8. The summed E-state index contributed by atoms with van der Waals surface area (Å²) in [5.41, 5.74) is 1.06. The monoisotopic (exact) mass is 300 g/mol. The van der Waals surface area contributed by atoms with Crippen molar-refractivity contribution in [3.8, 4) is 0 Å². The summed E-state index contributed by atoms with van der Waals surface area (Å²) >= 11 is 0. The first-order chi connectivity index (χ1) is 9.94. The highest BCUT2D eigenvalue weighted by molar-refractivity contribution is 6.91. The predicted octanol–water partition coefficient (Wildman–Crippen LogP) is 2.67. The van der Waals surface area contributed by atoms with Crippen molar-refractivity contribution >= 4 is 13.3 Å². The minimum atomic E-state index is -1.99. The van der Waals surface area contributed by atoms with Gasteiger partial charge >= 0.3 is 0 Å². The van der Waals surface area contributed by atoms with Crippen LogP contribution in [0.15, 0.2) is 60.7 Å². The van der Waals surface area contributed by atoms with Gasteiger partial charge in [0.25, 0.3) is 0 Å². The van der Waals surface area contributed by atoms with Crippen molar-refractivity contribution in [1.29, 1.82) is 0 Å². The van der Waals surface area contributed by atoms with E-state index in [1.807, 2.05) is 48.5 Å². The van der Waals surface area contributed by atoms with E-state index >= 15 is 0 Å². The van der Waals surface area contributed by atoms with Crippen LogP contribution in [0.4, 0.5) is 0 Å². The Hall–Kier alpha value is -1.42. The van der Waals surface area contributed by atoms with Crippen LogP contribution in [-0.2, 0) is 0 Å². The second kappa shape index (κ2) is 6.56. The molecular weight excluding hydrogens is 276 g/mol. The number of aliphatic hydroxyl groups excluding tert-OH is 2.